The van der Waals surface area contributed by atoms with Gasteiger partial charge >= 0.3 is 0 Å². The third-order valence-electron chi connectivity index (χ3n) is 3.07. The van der Waals surface area contributed by atoms with Crippen molar-refractivity contribution < 1.29 is 15.0 Å². The number of amides is 1. The van der Waals surface area contributed by atoms with Gasteiger partial charge in [0, 0.05) is 11.0 Å². The molecule has 92 valence electrons. The van der Waals surface area contributed by atoms with Crippen molar-refractivity contribution in [2.45, 2.75) is 24.9 Å². The summed E-state index contributed by atoms with van der Waals surface area (Å²) in [6, 6.07) is 4.66. The Morgan fingerprint density at radius 3 is 2.76 bits per heavy atom. The maximum Gasteiger partial charge on any atom is 0.255 e. The van der Waals surface area contributed by atoms with Crippen LogP contribution in [0.4, 0.5) is 0 Å². The molecule has 0 radical (unpaired) electrons. The first-order chi connectivity index (χ1) is 8.00. The molecule has 1 aromatic carbocycles. The van der Waals surface area contributed by atoms with E-state index in [0.717, 1.165) is 23.7 Å². The Labute approximate surface area is 108 Å². The lowest BCUT2D eigenvalue weighted by molar-refractivity contribution is -0.0300. The van der Waals surface area contributed by atoms with Crippen molar-refractivity contribution >= 4 is 21.8 Å². The summed E-state index contributed by atoms with van der Waals surface area (Å²) in [6.07, 6.45) is 2.43. The van der Waals surface area contributed by atoms with Crippen LogP contribution in [0.25, 0.3) is 0 Å². The summed E-state index contributed by atoms with van der Waals surface area (Å²) >= 11 is 3.24. The summed E-state index contributed by atoms with van der Waals surface area (Å²) in [7, 11) is 0. The second kappa shape index (κ2) is 4.66. The minimum absolute atomic E-state index is 0.0636. The van der Waals surface area contributed by atoms with Gasteiger partial charge < -0.3 is 15.5 Å². The van der Waals surface area contributed by atoms with E-state index in [0.29, 0.717) is 0 Å². The molecule has 1 saturated carbocycles. The van der Waals surface area contributed by atoms with Crippen LogP contribution in [0.5, 0.6) is 5.75 Å². The summed E-state index contributed by atoms with van der Waals surface area (Å²) in [4.78, 5) is 11.8. The summed E-state index contributed by atoms with van der Waals surface area (Å²) in [5, 5.41) is 22.0. The van der Waals surface area contributed by atoms with E-state index in [1.807, 2.05) is 0 Å². The molecule has 0 atom stereocenters. The van der Waals surface area contributed by atoms with E-state index in [2.05, 4.69) is 21.2 Å². The van der Waals surface area contributed by atoms with Crippen LogP contribution in [-0.2, 0) is 0 Å². The largest absolute Gasteiger partial charge is 0.507 e. The van der Waals surface area contributed by atoms with Gasteiger partial charge in [0.2, 0.25) is 0 Å². The fourth-order valence-corrected chi connectivity index (χ4v) is 2.15. The number of phenolic OH excluding ortho intramolecular Hbond substituents is 1. The van der Waals surface area contributed by atoms with E-state index in [4.69, 9.17) is 0 Å². The Hall–Kier alpha value is -1.07. The number of benzene rings is 1. The van der Waals surface area contributed by atoms with Crippen molar-refractivity contribution in [3.05, 3.63) is 28.2 Å². The van der Waals surface area contributed by atoms with Gasteiger partial charge in [0.05, 0.1) is 11.2 Å². The lowest BCUT2D eigenvalue weighted by atomic mass is 9.80. The molecule has 2 rings (SSSR count). The molecule has 1 aliphatic rings. The maximum absolute atomic E-state index is 11.8. The van der Waals surface area contributed by atoms with E-state index < -0.39 is 5.60 Å². The number of hydrogen-bond acceptors (Lipinski definition) is 3. The van der Waals surface area contributed by atoms with E-state index in [-0.39, 0.29) is 23.8 Å². The quantitative estimate of drug-likeness (QED) is 0.797. The average molecular weight is 300 g/mol. The van der Waals surface area contributed by atoms with Crippen LogP contribution in [0.1, 0.15) is 29.6 Å². The number of nitrogens with one attached hydrogen (secondary N) is 1. The highest BCUT2D eigenvalue weighted by molar-refractivity contribution is 9.10. The van der Waals surface area contributed by atoms with Gasteiger partial charge in [0.15, 0.2) is 0 Å². The third-order valence-corrected chi connectivity index (χ3v) is 3.56. The lowest BCUT2D eigenvalue weighted by Gasteiger charge is -2.36. The standard InChI is InChI=1S/C12H14BrNO3/c13-8-2-3-10(15)9(6-8)11(16)14-7-12(17)4-1-5-12/h2-3,6,15,17H,1,4-5,7H2,(H,14,16). The Kier molecular flexibility index (Phi) is 3.40. The molecule has 1 fully saturated rings. The average Bonchev–Trinajstić information content (AvgIpc) is 2.26. The van der Waals surface area contributed by atoms with Crippen LogP contribution >= 0.6 is 15.9 Å². The molecule has 0 heterocycles. The van der Waals surface area contributed by atoms with Crippen LogP contribution in [0, 0.1) is 0 Å². The summed E-state index contributed by atoms with van der Waals surface area (Å²) in [5.74, 6) is -0.435. The molecule has 1 amide bonds. The van der Waals surface area contributed by atoms with Gasteiger partial charge in [-0.2, -0.15) is 0 Å². The van der Waals surface area contributed by atoms with Gasteiger partial charge in [-0.3, -0.25) is 4.79 Å². The molecule has 0 unspecified atom stereocenters. The molecule has 0 bridgehead atoms. The number of phenols is 1. The molecule has 0 aromatic heterocycles. The topological polar surface area (TPSA) is 69.6 Å². The summed E-state index contributed by atoms with van der Waals surface area (Å²) < 4.78 is 0.725. The van der Waals surface area contributed by atoms with E-state index in [1.165, 1.54) is 6.07 Å². The van der Waals surface area contributed by atoms with Crippen LogP contribution in [0.3, 0.4) is 0 Å². The van der Waals surface area contributed by atoms with Crippen LogP contribution in [0.2, 0.25) is 0 Å². The predicted octanol–water partition coefficient (Wildman–Crippen LogP) is 1.80. The zero-order valence-electron chi connectivity index (χ0n) is 9.24. The number of halogens is 1. The molecule has 0 saturated heterocycles. The second-order valence-corrected chi connectivity index (χ2v) is 5.34. The highest BCUT2D eigenvalue weighted by atomic mass is 79.9. The molecular formula is C12H14BrNO3. The summed E-state index contributed by atoms with van der Waals surface area (Å²) in [6.45, 7) is 0.234. The van der Waals surface area contributed by atoms with Gasteiger partial charge in [-0.05, 0) is 37.5 Å². The fourth-order valence-electron chi connectivity index (χ4n) is 1.79. The Morgan fingerprint density at radius 1 is 1.47 bits per heavy atom. The van der Waals surface area contributed by atoms with E-state index >= 15 is 0 Å². The number of carbonyl (C=O) groups is 1. The van der Waals surface area contributed by atoms with Crippen molar-refractivity contribution in [3.63, 3.8) is 0 Å². The van der Waals surface area contributed by atoms with Crippen LogP contribution in [-0.4, -0.2) is 28.3 Å². The number of carbonyl (C=O) groups excluding carboxylic acids is 1. The molecule has 5 heteroatoms. The maximum atomic E-state index is 11.8. The lowest BCUT2D eigenvalue weighted by Crippen LogP contribution is -2.47. The predicted molar refractivity (Wildman–Crippen MR) is 66.9 cm³/mol. The molecule has 3 N–H and O–H groups in total. The van der Waals surface area contributed by atoms with Gasteiger partial charge in [0.1, 0.15) is 5.75 Å². The highest BCUT2D eigenvalue weighted by Crippen LogP contribution is 2.30. The van der Waals surface area contributed by atoms with Gasteiger partial charge in [0.25, 0.3) is 5.91 Å². The third kappa shape index (κ3) is 2.79. The van der Waals surface area contributed by atoms with Crippen molar-refractivity contribution in [2.24, 2.45) is 0 Å². The molecular weight excluding hydrogens is 286 g/mol. The van der Waals surface area contributed by atoms with E-state index in [9.17, 15) is 15.0 Å². The molecule has 1 aliphatic carbocycles. The first-order valence-electron chi connectivity index (χ1n) is 5.49. The normalized spacial score (nSPS) is 17.3. The Morgan fingerprint density at radius 2 is 2.18 bits per heavy atom. The molecule has 17 heavy (non-hydrogen) atoms. The first kappa shape index (κ1) is 12.4. The van der Waals surface area contributed by atoms with Crippen LogP contribution in [0.15, 0.2) is 22.7 Å². The number of aromatic hydroxyl groups is 1. The van der Waals surface area contributed by atoms with Crippen molar-refractivity contribution in [2.75, 3.05) is 6.54 Å². The second-order valence-electron chi connectivity index (χ2n) is 4.42. The Balaban J connectivity index is 2.01. The monoisotopic (exact) mass is 299 g/mol. The molecule has 4 nitrogen and oxygen atoms in total. The minimum Gasteiger partial charge on any atom is -0.507 e. The van der Waals surface area contributed by atoms with Gasteiger partial charge in [-0.15, -0.1) is 0 Å². The van der Waals surface area contributed by atoms with Crippen molar-refractivity contribution in [1.29, 1.82) is 0 Å². The fraction of sp³-hybridized carbons (Fsp3) is 0.417. The first-order valence-corrected chi connectivity index (χ1v) is 6.29. The number of hydrogen-bond donors (Lipinski definition) is 3. The summed E-state index contributed by atoms with van der Waals surface area (Å²) in [5.41, 5.74) is -0.542. The van der Waals surface area contributed by atoms with Crippen LogP contribution < -0.4 is 5.32 Å². The number of rotatable bonds is 3. The molecule has 0 spiro atoms. The zero-order chi connectivity index (χ0) is 12.5. The van der Waals surface area contributed by atoms with E-state index in [1.54, 1.807) is 12.1 Å². The zero-order valence-corrected chi connectivity index (χ0v) is 10.8. The van der Waals surface area contributed by atoms with Gasteiger partial charge in [-0.25, -0.2) is 0 Å². The minimum atomic E-state index is -0.753. The van der Waals surface area contributed by atoms with Crippen molar-refractivity contribution in [3.8, 4) is 5.75 Å². The molecule has 1 aromatic rings. The smallest absolute Gasteiger partial charge is 0.255 e. The Bertz CT molecular complexity index is 443. The molecule has 0 aliphatic heterocycles. The highest BCUT2D eigenvalue weighted by Gasteiger charge is 2.34. The van der Waals surface area contributed by atoms with Crippen molar-refractivity contribution in [1.82, 2.24) is 5.32 Å². The number of aliphatic hydroxyl groups is 1. The van der Waals surface area contributed by atoms with Gasteiger partial charge in [-0.1, -0.05) is 15.9 Å². The SMILES string of the molecule is O=C(NCC1(O)CCC1)c1cc(Br)ccc1O.